The lowest BCUT2D eigenvalue weighted by Gasteiger charge is -2.15. The van der Waals surface area contributed by atoms with Gasteiger partial charge in [0.15, 0.2) is 0 Å². The minimum Gasteiger partial charge on any atom is -0.317 e. The maximum absolute atomic E-state index is 12.4. The summed E-state index contributed by atoms with van der Waals surface area (Å²) in [4.78, 5) is 0. The largest absolute Gasteiger partial charge is 0.416 e. The molecule has 1 N–H and O–H groups in total. The van der Waals surface area contributed by atoms with E-state index in [1.54, 1.807) is 12.1 Å². The van der Waals surface area contributed by atoms with E-state index in [0.29, 0.717) is 5.92 Å². The lowest BCUT2D eigenvalue weighted by molar-refractivity contribution is -0.137. The lowest BCUT2D eigenvalue weighted by Crippen LogP contribution is -2.13. The molecule has 1 unspecified atom stereocenters. The molecule has 0 aromatic heterocycles. The minimum atomic E-state index is -4.23. The van der Waals surface area contributed by atoms with Crippen molar-refractivity contribution in [3.63, 3.8) is 0 Å². The van der Waals surface area contributed by atoms with Crippen molar-refractivity contribution in [1.29, 1.82) is 0 Å². The van der Waals surface area contributed by atoms with E-state index >= 15 is 0 Å². The molecule has 0 spiro atoms. The number of hydrogen-bond donors (Lipinski definition) is 1. The average Bonchev–Trinajstić information content (AvgIpc) is 2.56. The molecule has 1 nitrogen and oxygen atoms in total. The zero-order valence-corrected chi connectivity index (χ0v) is 9.56. The molecular weight excluding hydrogens is 227 g/mol. The fourth-order valence-corrected chi connectivity index (χ4v) is 2.30. The van der Waals surface area contributed by atoms with Gasteiger partial charge in [0.05, 0.1) is 5.56 Å². The zero-order valence-electron chi connectivity index (χ0n) is 9.56. The summed E-state index contributed by atoms with van der Waals surface area (Å²) in [7, 11) is 0. The second-order valence-corrected chi connectivity index (χ2v) is 4.50. The van der Waals surface area contributed by atoms with E-state index in [4.69, 9.17) is 0 Å². The quantitative estimate of drug-likeness (QED) is 0.795. The summed E-state index contributed by atoms with van der Waals surface area (Å²) in [5.41, 5.74) is 0.467. The molecule has 1 aliphatic heterocycles. The van der Waals surface area contributed by atoms with Gasteiger partial charge in [-0.1, -0.05) is 12.1 Å². The number of rotatable bonds is 1. The van der Waals surface area contributed by atoms with Gasteiger partial charge in [0.1, 0.15) is 0 Å². The highest BCUT2D eigenvalue weighted by Gasteiger charge is 2.30. The fourth-order valence-electron chi connectivity index (χ4n) is 2.30. The summed E-state index contributed by atoms with van der Waals surface area (Å²) in [5, 5.41) is 3.30. The second kappa shape index (κ2) is 5.08. The summed E-state index contributed by atoms with van der Waals surface area (Å²) >= 11 is 0. The van der Waals surface area contributed by atoms with Gasteiger partial charge in [-0.15, -0.1) is 0 Å². The molecule has 1 saturated heterocycles. The van der Waals surface area contributed by atoms with Crippen molar-refractivity contribution in [2.24, 2.45) is 0 Å². The van der Waals surface area contributed by atoms with Crippen molar-refractivity contribution in [3.05, 3.63) is 35.4 Å². The first kappa shape index (κ1) is 12.4. The monoisotopic (exact) mass is 243 g/mol. The molecule has 94 valence electrons. The van der Waals surface area contributed by atoms with Crippen LogP contribution < -0.4 is 5.32 Å². The SMILES string of the molecule is FC(F)(F)c1ccc(C2CCCNCC2)cc1. The van der Waals surface area contributed by atoms with E-state index in [1.807, 2.05) is 0 Å². The van der Waals surface area contributed by atoms with Crippen LogP contribution in [-0.2, 0) is 6.18 Å². The van der Waals surface area contributed by atoms with Crippen LogP contribution in [0.2, 0.25) is 0 Å². The van der Waals surface area contributed by atoms with Crippen LogP contribution in [0.25, 0.3) is 0 Å². The highest BCUT2D eigenvalue weighted by Crippen LogP contribution is 2.32. The number of nitrogens with one attached hydrogen (secondary N) is 1. The Labute approximate surface area is 99.0 Å². The van der Waals surface area contributed by atoms with E-state index in [2.05, 4.69) is 5.32 Å². The Morgan fingerprint density at radius 2 is 1.71 bits per heavy atom. The number of benzene rings is 1. The van der Waals surface area contributed by atoms with Crippen LogP contribution in [0.5, 0.6) is 0 Å². The van der Waals surface area contributed by atoms with Crippen molar-refractivity contribution in [3.8, 4) is 0 Å². The molecule has 0 aliphatic carbocycles. The molecule has 4 heteroatoms. The molecule has 0 amide bonds. The van der Waals surface area contributed by atoms with Gasteiger partial charge in [0.25, 0.3) is 0 Å². The molecular formula is C13H16F3N. The highest BCUT2D eigenvalue weighted by molar-refractivity contribution is 5.27. The van der Waals surface area contributed by atoms with Gasteiger partial charge in [-0.25, -0.2) is 0 Å². The smallest absolute Gasteiger partial charge is 0.317 e. The lowest BCUT2D eigenvalue weighted by atomic mass is 9.91. The number of halogens is 3. The Hall–Kier alpha value is -1.03. The second-order valence-electron chi connectivity index (χ2n) is 4.50. The molecule has 0 saturated carbocycles. The molecule has 2 rings (SSSR count). The summed E-state index contributed by atoms with van der Waals surface area (Å²) in [6.45, 7) is 1.96. The first-order valence-corrected chi connectivity index (χ1v) is 5.95. The van der Waals surface area contributed by atoms with Crippen LogP contribution >= 0.6 is 0 Å². The van der Waals surface area contributed by atoms with Crippen LogP contribution in [0.3, 0.4) is 0 Å². The van der Waals surface area contributed by atoms with Gasteiger partial charge in [0, 0.05) is 0 Å². The standard InChI is InChI=1S/C13H16F3N/c14-13(15,16)12-5-3-11(4-6-12)10-2-1-8-17-9-7-10/h3-6,10,17H,1-2,7-9H2. The molecule has 1 heterocycles. The Balaban J connectivity index is 2.11. The highest BCUT2D eigenvalue weighted by atomic mass is 19.4. The molecule has 1 aromatic carbocycles. The summed E-state index contributed by atoms with van der Waals surface area (Å²) in [6, 6.07) is 5.62. The van der Waals surface area contributed by atoms with Crippen molar-refractivity contribution in [2.75, 3.05) is 13.1 Å². The molecule has 17 heavy (non-hydrogen) atoms. The maximum Gasteiger partial charge on any atom is 0.416 e. The molecule has 1 aromatic rings. The summed E-state index contributed by atoms with van der Waals surface area (Å²) < 4.78 is 37.3. The van der Waals surface area contributed by atoms with E-state index in [9.17, 15) is 13.2 Å². The molecule has 1 atom stereocenters. The van der Waals surface area contributed by atoms with E-state index in [-0.39, 0.29) is 0 Å². The number of alkyl halides is 3. The van der Waals surface area contributed by atoms with Crippen molar-refractivity contribution in [1.82, 2.24) is 5.32 Å². The molecule has 0 radical (unpaired) electrons. The van der Waals surface area contributed by atoms with Gasteiger partial charge >= 0.3 is 6.18 Å². The fraction of sp³-hybridized carbons (Fsp3) is 0.538. The first-order valence-electron chi connectivity index (χ1n) is 5.95. The molecule has 1 fully saturated rings. The van der Waals surface area contributed by atoms with Crippen LogP contribution in [-0.4, -0.2) is 13.1 Å². The summed E-state index contributed by atoms with van der Waals surface area (Å²) in [6.07, 6.45) is -1.08. The predicted molar refractivity (Wildman–Crippen MR) is 60.9 cm³/mol. The van der Waals surface area contributed by atoms with Crippen LogP contribution in [0.1, 0.15) is 36.3 Å². The van der Waals surface area contributed by atoms with Crippen LogP contribution in [0, 0.1) is 0 Å². The third-order valence-electron chi connectivity index (χ3n) is 3.29. The van der Waals surface area contributed by atoms with Gasteiger partial charge in [-0.3, -0.25) is 0 Å². The van der Waals surface area contributed by atoms with Crippen LogP contribution in [0.15, 0.2) is 24.3 Å². The average molecular weight is 243 g/mol. The van der Waals surface area contributed by atoms with Gasteiger partial charge in [0.2, 0.25) is 0 Å². The normalized spacial score (nSPS) is 22.2. The van der Waals surface area contributed by atoms with Crippen molar-refractivity contribution >= 4 is 0 Å². The maximum atomic E-state index is 12.4. The van der Waals surface area contributed by atoms with Crippen LogP contribution in [0.4, 0.5) is 13.2 Å². The van der Waals surface area contributed by atoms with E-state index in [1.165, 1.54) is 12.1 Å². The Morgan fingerprint density at radius 3 is 2.35 bits per heavy atom. The third kappa shape index (κ3) is 3.22. The Morgan fingerprint density at radius 1 is 1.00 bits per heavy atom. The topological polar surface area (TPSA) is 12.0 Å². The molecule has 0 bridgehead atoms. The third-order valence-corrected chi connectivity index (χ3v) is 3.29. The van der Waals surface area contributed by atoms with Gasteiger partial charge in [-0.05, 0) is 56.0 Å². The van der Waals surface area contributed by atoms with E-state index < -0.39 is 11.7 Å². The van der Waals surface area contributed by atoms with Gasteiger partial charge < -0.3 is 5.32 Å². The van der Waals surface area contributed by atoms with Gasteiger partial charge in [-0.2, -0.15) is 13.2 Å². The number of hydrogen-bond acceptors (Lipinski definition) is 1. The first-order chi connectivity index (χ1) is 8.07. The summed E-state index contributed by atoms with van der Waals surface area (Å²) in [5.74, 6) is 0.396. The predicted octanol–water partition coefficient (Wildman–Crippen LogP) is 3.56. The Kier molecular flexibility index (Phi) is 3.72. The van der Waals surface area contributed by atoms with Crippen molar-refractivity contribution < 1.29 is 13.2 Å². The Bertz CT molecular complexity index is 348. The molecule has 1 aliphatic rings. The van der Waals surface area contributed by atoms with E-state index in [0.717, 1.165) is 37.9 Å². The van der Waals surface area contributed by atoms with Crippen molar-refractivity contribution in [2.45, 2.75) is 31.4 Å². The zero-order chi connectivity index (χ0) is 12.3. The minimum absolute atomic E-state index is 0.396.